The van der Waals surface area contributed by atoms with Crippen LogP contribution in [0, 0.1) is 5.92 Å². The second-order valence-corrected chi connectivity index (χ2v) is 6.14. The molecule has 2 aliphatic rings. The van der Waals surface area contributed by atoms with Gasteiger partial charge in [-0.15, -0.1) is 0 Å². The first-order chi connectivity index (χ1) is 9.75. The number of aliphatic carboxylic acids is 1. The number of hydrogen-bond acceptors (Lipinski definition) is 2. The minimum absolute atomic E-state index is 0.172. The van der Waals surface area contributed by atoms with E-state index < -0.39 is 5.97 Å². The maximum Gasteiger partial charge on any atom is 0.308 e. The topological polar surface area (TPSA) is 40.5 Å². The van der Waals surface area contributed by atoms with E-state index in [9.17, 15) is 9.90 Å². The third kappa shape index (κ3) is 2.73. The largest absolute Gasteiger partial charge is 0.481 e. The molecule has 3 rings (SSSR count). The molecule has 0 radical (unpaired) electrons. The van der Waals surface area contributed by atoms with E-state index in [4.69, 9.17) is 0 Å². The SMILES string of the molecule is O=C(O)C1CCCCC1N1CCCc2ccccc2C1. The normalized spacial score (nSPS) is 27.6. The van der Waals surface area contributed by atoms with Crippen LogP contribution in [0.1, 0.15) is 43.2 Å². The highest BCUT2D eigenvalue weighted by Gasteiger charge is 2.35. The van der Waals surface area contributed by atoms with Gasteiger partial charge in [-0.05, 0) is 43.4 Å². The molecule has 0 saturated heterocycles. The molecule has 0 amide bonds. The van der Waals surface area contributed by atoms with Gasteiger partial charge < -0.3 is 5.11 Å². The summed E-state index contributed by atoms with van der Waals surface area (Å²) in [7, 11) is 0. The highest BCUT2D eigenvalue weighted by molar-refractivity contribution is 5.71. The lowest BCUT2D eigenvalue weighted by atomic mass is 9.83. The van der Waals surface area contributed by atoms with Crippen LogP contribution in [0.25, 0.3) is 0 Å². The average molecular weight is 273 g/mol. The van der Waals surface area contributed by atoms with Crippen molar-refractivity contribution in [2.45, 2.75) is 51.1 Å². The zero-order chi connectivity index (χ0) is 13.9. The van der Waals surface area contributed by atoms with Gasteiger partial charge in [-0.2, -0.15) is 0 Å². The predicted octanol–water partition coefficient (Wildman–Crippen LogP) is 3.08. The van der Waals surface area contributed by atoms with E-state index >= 15 is 0 Å². The first-order valence-corrected chi connectivity index (χ1v) is 7.79. The molecule has 20 heavy (non-hydrogen) atoms. The van der Waals surface area contributed by atoms with Crippen molar-refractivity contribution in [2.24, 2.45) is 5.92 Å². The van der Waals surface area contributed by atoms with Gasteiger partial charge in [0.1, 0.15) is 0 Å². The van der Waals surface area contributed by atoms with Crippen LogP contribution in [-0.4, -0.2) is 28.6 Å². The van der Waals surface area contributed by atoms with Crippen LogP contribution < -0.4 is 0 Å². The van der Waals surface area contributed by atoms with Crippen LogP contribution in [0.2, 0.25) is 0 Å². The standard InChI is InChI=1S/C17H23NO2/c19-17(20)15-9-3-4-10-16(15)18-11-5-8-13-6-1-2-7-14(13)12-18/h1-2,6-7,15-16H,3-5,8-12H2,(H,19,20). The van der Waals surface area contributed by atoms with E-state index in [1.54, 1.807) is 0 Å². The maximum atomic E-state index is 11.5. The monoisotopic (exact) mass is 273 g/mol. The number of carbonyl (C=O) groups is 1. The van der Waals surface area contributed by atoms with Gasteiger partial charge in [0.2, 0.25) is 0 Å². The van der Waals surface area contributed by atoms with Crippen molar-refractivity contribution in [3.8, 4) is 0 Å². The Labute approximate surface area is 120 Å². The molecular weight excluding hydrogens is 250 g/mol. The average Bonchev–Trinajstić information content (AvgIpc) is 2.69. The van der Waals surface area contributed by atoms with E-state index in [2.05, 4.69) is 29.2 Å². The van der Waals surface area contributed by atoms with Crippen molar-refractivity contribution in [1.82, 2.24) is 4.90 Å². The molecule has 1 aromatic carbocycles. The Morgan fingerprint density at radius 2 is 1.85 bits per heavy atom. The summed E-state index contributed by atoms with van der Waals surface area (Å²) in [5.74, 6) is -0.777. The molecule has 0 spiro atoms. The Kier molecular flexibility index (Phi) is 4.06. The molecule has 1 fully saturated rings. The second-order valence-electron chi connectivity index (χ2n) is 6.14. The van der Waals surface area contributed by atoms with Gasteiger partial charge in [-0.25, -0.2) is 0 Å². The number of hydrogen-bond donors (Lipinski definition) is 1. The molecule has 1 aliphatic heterocycles. The smallest absolute Gasteiger partial charge is 0.308 e. The summed E-state index contributed by atoms with van der Waals surface area (Å²) in [4.78, 5) is 13.9. The molecule has 3 nitrogen and oxygen atoms in total. The van der Waals surface area contributed by atoms with Gasteiger partial charge in [-0.3, -0.25) is 9.69 Å². The van der Waals surface area contributed by atoms with Crippen LogP contribution in [0.4, 0.5) is 0 Å². The van der Waals surface area contributed by atoms with Crippen LogP contribution in [0.5, 0.6) is 0 Å². The Bertz CT molecular complexity index is 486. The third-order valence-corrected chi connectivity index (χ3v) is 4.90. The first-order valence-electron chi connectivity index (χ1n) is 7.79. The molecule has 1 N–H and O–H groups in total. The van der Waals surface area contributed by atoms with E-state index in [0.29, 0.717) is 0 Å². The molecule has 108 valence electrons. The molecule has 3 heteroatoms. The fourth-order valence-electron chi connectivity index (χ4n) is 3.85. The first kappa shape index (κ1) is 13.6. The zero-order valence-electron chi connectivity index (χ0n) is 11.9. The number of nitrogens with zero attached hydrogens (tertiary/aromatic N) is 1. The minimum atomic E-state index is -0.604. The molecular formula is C17H23NO2. The van der Waals surface area contributed by atoms with Crippen molar-refractivity contribution in [3.63, 3.8) is 0 Å². The van der Waals surface area contributed by atoms with Crippen molar-refractivity contribution in [1.29, 1.82) is 0 Å². The van der Waals surface area contributed by atoms with Gasteiger partial charge in [-0.1, -0.05) is 37.1 Å². The molecule has 2 atom stereocenters. The summed E-state index contributed by atoms with van der Waals surface area (Å²) in [6.07, 6.45) is 6.39. The second kappa shape index (κ2) is 5.96. The van der Waals surface area contributed by atoms with Crippen molar-refractivity contribution < 1.29 is 9.90 Å². The Balaban J connectivity index is 1.81. The fourth-order valence-corrected chi connectivity index (χ4v) is 3.85. The van der Waals surface area contributed by atoms with Crippen molar-refractivity contribution in [2.75, 3.05) is 6.54 Å². The molecule has 2 unspecified atom stereocenters. The lowest BCUT2D eigenvalue weighted by molar-refractivity contribution is -0.145. The van der Waals surface area contributed by atoms with E-state index in [0.717, 1.165) is 45.2 Å². The van der Waals surface area contributed by atoms with Gasteiger partial charge >= 0.3 is 5.97 Å². The van der Waals surface area contributed by atoms with E-state index in [-0.39, 0.29) is 12.0 Å². The minimum Gasteiger partial charge on any atom is -0.481 e. The summed E-state index contributed by atoms with van der Waals surface area (Å²) in [5, 5.41) is 9.48. The molecule has 1 aromatic rings. The quantitative estimate of drug-likeness (QED) is 0.900. The van der Waals surface area contributed by atoms with Gasteiger partial charge in [0.25, 0.3) is 0 Å². The summed E-state index contributed by atoms with van der Waals surface area (Å²) in [6.45, 7) is 1.95. The molecule has 1 aliphatic carbocycles. The number of aryl methyl sites for hydroxylation is 1. The Morgan fingerprint density at radius 1 is 1.10 bits per heavy atom. The van der Waals surface area contributed by atoms with Crippen LogP contribution >= 0.6 is 0 Å². The number of carboxylic acids is 1. The van der Waals surface area contributed by atoms with Crippen molar-refractivity contribution in [3.05, 3.63) is 35.4 Å². The number of fused-ring (bicyclic) bond motifs is 1. The van der Waals surface area contributed by atoms with E-state index in [1.165, 1.54) is 17.5 Å². The number of carboxylic acid groups (broad SMARTS) is 1. The highest BCUT2D eigenvalue weighted by Crippen LogP contribution is 2.31. The van der Waals surface area contributed by atoms with Crippen LogP contribution in [0.3, 0.4) is 0 Å². The van der Waals surface area contributed by atoms with Crippen molar-refractivity contribution >= 4 is 5.97 Å². The maximum absolute atomic E-state index is 11.5. The lowest BCUT2D eigenvalue weighted by Gasteiger charge is -2.37. The zero-order valence-corrected chi connectivity index (χ0v) is 11.9. The summed E-state index contributed by atoms with van der Waals surface area (Å²) in [6, 6.07) is 8.85. The van der Waals surface area contributed by atoms with Crippen LogP contribution in [0.15, 0.2) is 24.3 Å². The summed E-state index contributed by atoms with van der Waals surface area (Å²) in [5.41, 5.74) is 2.83. The Hall–Kier alpha value is -1.35. The lowest BCUT2D eigenvalue weighted by Crippen LogP contribution is -2.45. The highest BCUT2D eigenvalue weighted by atomic mass is 16.4. The fraction of sp³-hybridized carbons (Fsp3) is 0.588. The summed E-state index contributed by atoms with van der Waals surface area (Å²) >= 11 is 0. The third-order valence-electron chi connectivity index (χ3n) is 4.90. The molecule has 0 bridgehead atoms. The van der Waals surface area contributed by atoms with E-state index in [1.807, 2.05) is 0 Å². The molecule has 1 saturated carbocycles. The Morgan fingerprint density at radius 3 is 2.65 bits per heavy atom. The van der Waals surface area contributed by atoms with Gasteiger partial charge in [0.15, 0.2) is 0 Å². The number of benzene rings is 1. The predicted molar refractivity (Wildman–Crippen MR) is 78.6 cm³/mol. The molecule has 0 aromatic heterocycles. The van der Waals surface area contributed by atoms with Crippen LogP contribution in [-0.2, 0) is 17.8 Å². The summed E-state index contributed by atoms with van der Waals surface area (Å²) < 4.78 is 0. The van der Waals surface area contributed by atoms with Gasteiger partial charge in [0.05, 0.1) is 5.92 Å². The number of rotatable bonds is 2. The molecule has 1 heterocycles. The van der Waals surface area contributed by atoms with Gasteiger partial charge in [0, 0.05) is 12.6 Å².